The van der Waals surface area contributed by atoms with Gasteiger partial charge in [-0.2, -0.15) is 10.2 Å². The quantitative estimate of drug-likeness (QED) is 0.752. The summed E-state index contributed by atoms with van der Waals surface area (Å²) in [6, 6.07) is 10.2. The van der Waals surface area contributed by atoms with Crippen LogP contribution in [-0.4, -0.2) is 20.0 Å². The molecule has 1 aromatic carbocycles. The third-order valence-corrected chi connectivity index (χ3v) is 4.75. The molecule has 0 bridgehead atoms. The van der Waals surface area contributed by atoms with Crippen LogP contribution >= 0.6 is 0 Å². The largest absolute Gasteiger partial charge is 0.487 e. The Balaban J connectivity index is 1.41. The number of H-pyrrole nitrogens is 1. The van der Waals surface area contributed by atoms with Crippen LogP contribution < -0.4 is 10.1 Å². The van der Waals surface area contributed by atoms with Gasteiger partial charge >= 0.3 is 0 Å². The smallest absolute Gasteiger partial charge is 0.130 e. The Hall–Kier alpha value is -3.28. The molecule has 0 atom stereocenters. The molecule has 2 N–H and O–H groups in total. The van der Waals surface area contributed by atoms with E-state index in [0.717, 1.165) is 53.6 Å². The molecular formula is C20H19N5O. The molecular weight excluding hydrogens is 326 g/mol. The lowest BCUT2D eigenvalue weighted by molar-refractivity contribution is 0.302. The number of hydrogen-bond acceptors (Lipinski definition) is 4. The number of allylic oxidation sites excluding steroid dienone is 4. The average Bonchev–Trinajstić information content (AvgIpc) is 3.29. The van der Waals surface area contributed by atoms with E-state index < -0.39 is 0 Å². The number of anilines is 2. The molecule has 2 aromatic heterocycles. The standard InChI is InChI=1S/C20H19N5O/c1-2-4-14(5-3-1)18-11-17-13-26-19-10-16(22-20-8-9-21-23-20)7-6-15(19)12-25(17)24-18/h1-2,4,6-11H,3,5,12-13H2,(H2,21,22,23). The highest BCUT2D eigenvalue weighted by molar-refractivity contribution is 5.66. The Labute approximate surface area is 151 Å². The Morgan fingerprint density at radius 3 is 3.04 bits per heavy atom. The Bertz CT molecular complexity index is 997. The summed E-state index contributed by atoms with van der Waals surface area (Å²) in [7, 11) is 0. The first-order valence-electron chi connectivity index (χ1n) is 8.80. The van der Waals surface area contributed by atoms with Gasteiger partial charge in [0.2, 0.25) is 0 Å². The molecule has 0 saturated carbocycles. The van der Waals surface area contributed by atoms with Crippen LogP contribution in [0.4, 0.5) is 11.5 Å². The third-order valence-electron chi connectivity index (χ3n) is 4.75. The van der Waals surface area contributed by atoms with Crippen molar-refractivity contribution in [3.8, 4) is 5.75 Å². The Morgan fingerprint density at radius 1 is 1.19 bits per heavy atom. The molecule has 0 radical (unpaired) electrons. The van der Waals surface area contributed by atoms with Gasteiger partial charge in [-0.3, -0.25) is 9.78 Å². The summed E-state index contributed by atoms with van der Waals surface area (Å²) in [5, 5.41) is 15.0. The van der Waals surface area contributed by atoms with Crippen molar-refractivity contribution in [3.63, 3.8) is 0 Å². The van der Waals surface area contributed by atoms with E-state index in [0.29, 0.717) is 6.61 Å². The van der Waals surface area contributed by atoms with E-state index in [4.69, 9.17) is 9.84 Å². The zero-order chi connectivity index (χ0) is 17.3. The molecule has 1 aliphatic carbocycles. The number of benzene rings is 1. The summed E-state index contributed by atoms with van der Waals surface area (Å²) in [4.78, 5) is 0. The molecule has 5 rings (SSSR count). The molecule has 6 nitrogen and oxygen atoms in total. The monoisotopic (exact) mass is 345 g/mol. The van der Waals surface area contributed by atoms with E-state index in [-0.39, 0.29) is 0 Å². The summed E-state index contributed by atoms with van der Waals surface area (Å²) >= 11 is 0. The van der Waals surface area contributed by atoms with E-state index >= 15 is 0 Å². The molecule has 130 valence electrons. The zero-order valence-corrected chi connectivity index (χ0v) is 14.3. The molecule has 2 aliphatic rings. The van der Waals surface area contributed by atoms with Crippen molar-refractivity contribution in [2.75, 3.05) is 5.32 Å². The second-order valence-corrected chi connectivity index (χ2v) is 6.54. The number of nitrogens with one attached hydrogen (secondary N) is 2. The molecule has 0 spiro atoms. The summed E-state index contributed by atoms with van der Waals surface area (Å²) < 4.78 is 8.13. The van der Waals surface area contributed by atoms with Crippen LogP contribution in [0.3, 0.4) is 0 Å². The van der Waals surface area contributed by atoms with Crippen molar-refractivity contribution in [2.24, 2.45) is 0 Å². The minimum absolute atomic E-state index is 0.524. The topological polar surface area (TPSA) is 67.8 Å². The first-order valence-corrected chi connectivity index (χ1v) is 8.80. The van der Waals surface area contributed by atoms with E-state index in [1.165, 1.54) is 5.57 Å². The number of aromatic amines is 1. The van der Waals surface area contributed by atoms with Gasteiger partial charge in [0.25, 0.3) is 0 Å². The fourth-order valence-corrected chi connectivity index (χ4v) is 3.37. The van der Waals surface area contributed by atoms with Gasteiger partial charge in [0.1, 0.15) is 18.2 Å². The van der Waals surface area contributed by atoms with E-state index in [1.54, 1.807) is 6.20 Å². The highest BCUT2D eigenvalue weighted by atomic mass is 16.5. The molecule has 1 aliphatic heterocycles. The van der Waals surface area contributed by atoms with Gasteiger partial charge in [0, 0.05) is 23.4 Å². The lowest BCUT2D eigenvalue weighted by atomic mass is 10.0. The lowest BCUT2D eigenvalue weighted by Gasteiger charge is -2.10. The third kappa shape index (κ3) is 2.79. The predicted octanol–water partition coefficient (Wildman–Crippen LogP) is 4.02. The number of fused-ring (bicyclic) bond motifs is 2. The van der Waals surface area contributed by atoms with Crippen LogP contribution in [0.5, 0.6) is 5.75 Å². The average molecular weight is 345 g/mol. The molecule has 0 fully saturated rings. The maximum Gasteiger partial charge on any atom is 0.130 e. The van der Waals surface area contributed by atoms with Crippen LogP contribution in [0.25, 0.3) is 5.57 Å². The van der Waals surface area contributed by atoms with E-state index in [2.05, 4.69) is 50.6 Å². The van der Waals surface area contributed by atoms with E-state index in [1.807, 2.05) is 18.2 Å². The van der Waals surface area contributed by atoms with Crippen LogP contribution in [-0.2, 0) is 13.2 Å². The van der Waals surface area contributed by atoms with Gasteiger partial charge in [-0.15, -0.1) is 0 Å². The van der Waals surface area contributed by atoms with Crippen molar-refractivity contribution in [1.29, 1.82) is 0 Å². The molecule has 3 heterocycles. The Morgan fingerprint density at radius 2 is 2.19 bits per heavy atom. The molecule has 3 aromatic rings. The second kappa shape index (κ2) is 6.22. The van der Waals surface area contributed by atoms with Gasteiger partial charge in [0.05, 0.1) is 24.1 Å². The number of aromatic nitrogens is 4. The maximum atomic E-state index is 6.08. The normalized spacial score (nSPS) is 15.5. The fourth-order valence-electron chi connectivity index (χ4n) is 3.37. The summed E-state index contributed by atoms with van der Waals surface area (Å²) in [5.74, 6) is 1.74. The highest BCUT2D eigenvalue weighted by Crippen LogP contribution is 2.31. The van der Waals surface area contributed by atoms with Gasteiger partial charge in [0.15, 0.2) is 0 Å². The number of ether oxygens (including phenoxy) is 1. The van der Waals surface area contributed by atoms with Crippen molar-refractivity contribution in [1.82, 2.24) is 20.0 Å². The van der Waals surface area contributed by atoms with Gasteiger partial charge in [-0.25, -0.2) is 0 Å². The SMILES string of the molecule is C1=CCCC(c2cc3n(n2)Cc2ccc(Nc4ccn[nH]4)cc2OC3)=C1. The molecule has 0 amide bonds. The molecule has 26 heavy (non-hydrogen) atoms. The first kappa shape index (κ1) is 15.0. The van der Waals surface area contributed by atoms with Gasteiger partial charge in [-0.1, -0.05) is 24.3 Å². The minimum atomic E-state index is 0.524. The fraction of sp³-hybridized carbons (Fsp3) is 0.200. The summed E-state index contributed by atoms with van der Waals surface area (Å²) in [6.07, 6.45) is 10.3. The zero-order valence-electron chi connectivity index (χ0n) is 14.3. The van der Waals surface area contributed by atoms with E-state index in [9.17, 15) is 0 Å². The maximum absolute atomic E-state index is 6.08. The van der Waals surface area contributed by atoms with Crippen LogP contribution in [0, 0.1) is 0 Å². The number of rotatable bonds is 3. The van der Waals surface area contributed by atoms with Crippen molar-refractivity contribution >= 4 is 17.1 Å². The highest BCUT2D eigenvalue weighted by Gasteiger charge is 2.18. The minimum Gasteiger partial charge on any atom is -0.487 e. The van der Waals surface area contributed by atoms with Crippen molar-refractivity contribution < 1.29 is 4.74 Å². The van der Waals surface area contributed by atoms with Gasteiger partial charge < -0.3 is 10.1 Å². The molecule has 0 saturated heterocycles. The number of nitrogens with zero attached hydrogens (tertiary/aromatic N) is 3. The van der Waals surface area contributed by atoms with Gasteiger partial charge in [-0.05, 0) is 30.5 Å². The first-order chi connectivity index (χ1) is 12.8. The Kier molecular flexibility index (Phi) is 3.59. The van der Waals surface area contributed by atoms with Crippen molar-refractivity contribution in [2.45, 2.75) is 26.0 Å². The number of hydrogen-bond donors (Lipinski definition) is 2. The molecule has 6 heteroatoms. The predicted molar refractivity (Wildman–Crippen MR) is 100 cm³/mol. The van der Waals surface area contributed by atoms with Crippen LogP contribution in [0.15, 0.2) is 54.8 Å². The molecule has 0 unspecified atom stereocenters. The van der Waals surface area contributed by atoms with Crippen molar-refractivity contribution in [3.05, 3.63) is 71.7 Å². The van der Waals surface area contributed by atoms with Crippen LogP contribution in [0.2, 0.25) is 0 Å². The van der Waals surface area contributed by atoms with Crippen LogP contribution in [0.1, 0.15) is 29.8 Å². The summed E-state index contributed by atoms with van der Waals surface area (Å²) in [5.41, 5.74) is 5.56. The second-order valence-electron chi connectivity index (χ2n) is 6.54. The lowest BCUT2D eigenvalue weighted by Crippen LogP contribution is -2.04. The summed E-state index contributed by atoms with van der Waals surface area (Å²) in [6.45, 7) is 1.24.